The van der Waals surface area contributed by atoms with E-state index < -0.39 is 5.97 Å². The summed E-state index contributed by atoms with van der Waals surface area (Å²) in [6.45, 7) is 0. The lowest BCUT2D eigenvalue weighted by Gasteiger charge is -2.15. The van der Waals surface area contributed by atoms with Gasteiger partial charge in [0.25, 0.3) is 0 Å². The lowest BCUT2D eigenvalue weighted by atomic mass is 9.92. The zero-order valence-electron chi connectivity index (χ0n) is 20.9. The van der Waals surface area contributed by atoms with Crippen molar-refractivity contribution in [1.82, 2.24) is 9.97 Å². The van der Waals surface area contributed by atoms with Crippen LogP contribution in [0.25, 0.3) is 5.57 Å². The third-order valence-corrected chi connectivity index (χ3v) is 5.98. The summed E-state index contributed by atoms with van der Waals surface area (Å²) in [5.41, 5.74) is 4.09. The summed E-state index contributed by atoms with van der Waals surface area (Å²) >= 11 is 11.8. The number of carbonyl (C=O) groups is 2. The van der Waals surface area contributed by atoms with Crippen molar-refractivity contribution in [3.63, 3.8) is 0 Å². The van der Waals surface area contributed by atoms with Gasteiger partial charge in [-0.2, -0.15) is 0 Å². The van der Waals surface area contributed by atoms with Crippen LogP contribution >= 0.6 is 23.2 Å². The van der Waals surface area contributed by atoms with Crippen LogP contribution in [0.5, 0.6) is 0 Å². The third-order valence-electron chi connectivity index (χ3n) is 5.48. The van der Waals surface area contributed by atoms with Gasteiger partial charge in [0.15, 0.2) is 0 Å². The summed E-state index contributed by atoms with van der Waals surface area (Å²) in [6.07, 6.45) is 5.08. The van der Waals surface area contributed by atoms with Crippen molar-refractivity contribution < 1.29 is 19.1 Å². The zero-order valence-corrected chi connectivity index (χ0v) is 22.4. The molecule has 0 radical (unpaired) electrons. The number of pyridine rings is 2. The minimum Gasteiger partial charge on any atom is -0.469 e. The Labute approximate surface area is 231 Å². The summed E-state index contributed by atoms with van der Waals surface area (Å²) in [7, 11) is 2.73. The number of methoxy groups -OCH3 is 2. The minimum atomic E-state index is -0.421. The van der Waals surface area contributed by atoms with E-state index in [-0.39, 0.29) is 18.3 Å². The van der Waals surface area contributed by atoms with Gasteiger partial charge in [0.05, 0.1) is 26.3 Å². The van der Waals surface area contributed by atoms with Crippen molar-refractivity contribution in [1.29, 1.82) is 0 Å². The Kier molecular flexibility index (Phi) is 11.0. The second kappa shape index (κ2) is 14.7. The van der Waals surface area contributed by atoms with Gasteiger partial charge in [-0.1, -0.05) is 59.6 Å². The van der Waals surface area contributed by atoms with Crippen molar-refractivity contribution in [3.8, 4) is 0 Å². The normalized spacial score (nSPS) is 11.5. The molecule has 0 aliphatic carbocycles. The van der Waals surface area contributed by atoms with Crippen LogP contribution < -0.4 is 0 Å². The fraction of sp³-hybridized carbons (Fsp3) is 0.133. The number of nitrogens with zero attached hydrogens (tertiary/aromatic N) is 2. The largest absolute Gasteiger partial charge is 0.469 e. The van der Waals surface area contributed by atoms with Crippen molar-refractivity contribution in [2.45, 2.75) is 12.3 Å². The van der Waals surface area contributed by atoms with E-state index in [0.29, 0.717) is 21.3 Å². The molecule has 0 aliphatic rings. The van der Waals surface area contributed by atoms with Gasteiger partial charge in [0.2, 0.25) is 0 Å². The van der Waals surface area contributed by atoms with Crippen molar-refractivity contribution in [3.05, 3.63) is 136 Å². The predicted molar refractivity (Wildman–Crippen MR) is 149 cm³/mol. The predicted octanol–water partition coefficient (Wildman–Crippen LogP) is 6.77. The van der Waals surface area contributed by atoms with Gasteiger partial charge in [-0.25, -0.2) is 4.79 Å². The molecule has 2 heterocycles. The van der Waals surface area contributed by atoms with Crippen LogP contribution in [0.1, 0.15) is 34.9 Å². The Morgan fingerprint density at radius 1 is 0.789 bits per heavy atom. The number of hydrogen-bond donors (Lipinski definition) is 0. The summed E-state index contributed by atoms with van der Waals surface area (Å²) in [5, 5.41) is 1.31. The number of esters is 2. The van der Waals surface area contributed by atoms with E-state index in [1.165, 1.54) is 20.3 Å². The molecule has 4 aromatic rings. The molecule has 194 valence electrons. The molecular formula is C30H26Cl2N2O4. The second-order valence-electron chi connectivity index (χ2n) is 7.94. The molecule has 0 spiro atoms. The van der Waals surface area contributed by atoms with E-state index in [2.05, 4.69) is 14.7 Å². The molecule has 6 nitrogen and oxygen atoms in total. The maximum absolute atomic E-state index is 11.6. The quantitative estimate of drug-likeness (QED) is 0.187. The molecule has 0 fully saturated rings. The number of hydrogen-bond acceptors (Lipinski definition) is 6. The molecule has 0 saturated heterocycles. The molecular weight excluding hydrogens is 523 g/mol. The molecule has 2 aromatic carbocycles. The summed E-state index contributed by atoms with van der Waals surface area (Å²) in [6, 6.07) is 25.8. The van der Waals surface area contributed by atoms with E-state index in [1.54, 1.807) is 24.5 Å². The SMILES string of the molecule is COC(=O)/C=C(\c1ccc(Cl)cc1)c1ccccn1.COC(=O)CC(c1ccc(Cl)cc1)c1ccccn1. The van der Waals surface area contributed by atoms with Crippen LogP contribution in [0.2, 0.25) is 10.0 Å². The summed E-state index contributed by atoms with van der Waals surface area (Å²) in [5.74, 6) is -0.799. The average Bonchev–Trinajstić information content (AvgIpc) is 2.96. The first-order chi connectivity index (χ1) is 18.4. The Morgan fingerprint density at radius 2 is 1.39 bits per heavy atom. The van der Waals surface area contributed by atoms with Crippen molar-refractivity contribution in [2.75, 3.05) is 14.2 Å². The van der Waals surface area contributed by atoms with Crippen LogP contribution in [0.15, 0.2) is 103 Å². The molecule has 2 aromatic heterocycles. The van der Waals surface area contributed by atoms with Crippen LogP contribution in [0.4, 0.5) is 0 Å². The Bertz CT molecular complexity index is 1340. The smallest absolute Gasteiger partial charge is 0.331 e. The molecule has 0 N–H and O–H groups in total. The van der Waals surface area contributed by atoms with Crippen LogP contribution in [0, 0.1) is 0 Å². The standard InChI is InChI=1S/C15H14ClNO2.C15H12ClNO2/c2*1-19-15(18)10-13(14-4-2-3-9-17-14)11-5-7-12(16)8-6-11/h2-9,13H,10H2,1H3;2-10H,1H3/b;13-10+. The van der Waals surface area contributed by atoms with E-state index in [1.807, 2.05) is 72.8 Å². The second-order valence-corrected chi connectivity index (χ2v) is 8.81. The van der Waals surface area contributed by atoms with Crippen LogP contribution in [0.3, 0.4) is 0 Å². The average molecular weight is 549 g/mol. The first-order valence-corrected chi connectivity index (χ1v) is 12.4. The van der Waals surface area contributed by atoms with Gasteiger partial charge < -0.3 is 9.47 Å². The fourth-order valence-corrected chi connectivity index (χ4v) is 3.81. The van der Waals surface area contributed by atoms with Gasteiger partial charge >= 0.3 is 11.9 Å². The molecule has 1 unspecified atom stereocenters. The number of benzene rings is 2. The van der Waals surface area contributed by atoms with Gasteiger partial charge in [0, 0.05) is 45.7 Å². The Morgan fingerprint density at radius 3 is 1.92 bits per heavy atom. The first kappa shape index (κ1) is 28.6. The topological polar surface area (TPSA) is 78.4 Å². The Hall–Kier alpha value is -4.00. The number of ether oxygens (including phenoxy) is 2. The van der Waals surface area contributed by atoms with E-state index in [0.717, 1.165) is 16.8 Å². The number of carbonyl (C=O) groups excluding carboxylic acids is 2. The van der Waals surface area contributed by atoms with Crippen molar-refractivity contribution >= 4 is 40.7 Å². The lowest BCUT2D eigenvalue weighted by Crippen LogP contribution is -2.11. The fourth-order valence-electron chi connectivity index (χ4n) is 3.55. The number of halogens is 2. The molecule has 0 saturated carbocycles. The number of rotatable bonds is 7. The van der Waals surface area contributed by atoms with Crippen LogP contribution in [-0.2, 0) is 19.1 Å². The van der Waals surface area contributed by atoms with Crippen molar-refractivity contribution in [2.24, 2.45) is 0 Å². The number of aromatic nitrogens is 2. The molecule has 0 bridgehead atoms. The highest BCUT2D eigenvalue weighted by Crippen LogP contribution is 2.28. The molecule has 4 rings (SSSR count). The maximum atomic E-state index is 11.6. The summed E-state index contributed by atoms with van der Waals surface area (Å²) < 4.78 is 9.43. The zero-order chi connectivity index (χ0) is 27.3. The van der Waals surface area contributed by atoms with Gasteiger partial charge in [-0.05, 0) is 59.7 Å². The van der Waals surface area contributed by atoms with Gasteiger partial charge in [-0.15, -0.1) is 0 Å². The van der Waals surface area contributed by atoms with Gasteiger partial charge in [0.1, 0.15) is 0 Å². The highest BCUT2D eigenvalue weighted by atomic mass is 35.5. The highest BCUT2D eigenvalue weighted by molar-refractivity contribution is 6.30. The third kappa shape index (κ3) is 8.54. The lowest BCUT2D eigenvalue weighted by molar-refractivity contribution is -0.141. The minimum absolute atomic E-state index is 0.120. The molecule has 38 heavy (non-hydrogen) atoms. The molecule has 0 aliphatic heterocycles. The molecule has 1 atom stereocenters. The van der Waals surface area contributed by atoms with E-state index in [9.17, 15) is 9.59 Å². The van der Waals surface area contributed by atoms with E-state index in [4.69, 9.17) is 27.9 Å². The monoisotopic (exact) mass is 548 g/mol. The Balaban J connectivity index is 0.000000211. The highest BCUT2D eigenvalue weighted by Gasteiger charge is 2.19. The molecule has 0 amide bonds. The maximum Gasteiger partial charge on any atom is 0.331 e. The van der Waals surface area contributed by atoms with E-state index >= 15 is 0 Å². The molecule has 8 heteroatoms. The summed E-state index contributed by atoms with van der Waals surface area (Å²) in [4.78, 5) is 31.6. The van der Waals surface area contributed by atoms with Crippen LogP contribution in [-0.4, -0.2) is 36.1 Å². The first-order valence-electron chi connectivity index (χ1n) is 11.6. The van der Waals surface area contributed by atoms with Gasteiger partial charge in [-0.3, -0.25) is 14.8 Å².